The number of hydrogen-bond donors (Lipinski definition) is 0. The lowest BCUT2D eigenvalue weighted by Crippen LogP contribution is -2.30. The first kappa shape index (κ1) is 10.9. The van der Waals surface area contributed by atoms with Crippen LogP contribution in [0.1, 0.15) is 38.5 Å². The fraction of sp³-hybridized carbons (Fsp3) is 0.875. The second-order valence-corrected chi connectivity index (χ2v) is 7.32. The van der Waals surface area contributed by atoms with Gasteiger partial charge in [0.15, 0.2) is 0 Å². The lowest BCUT2D eigenvalue weighted by Gasteiger charge is -2.36. The molecule has 1 heteroatoms. The molecule has 0 heterocycles. The minimum absolute atomic E-state index is 0.861. The first-order valence-electron chi connectivity index (χ1n) is 7.62. The number of fused-ring (bicyclic) bond motifs is 9. The highest BCUT2D eigenvalue weighted by Gasteiger charge is 2.60. The van der Waals surface area contributed by atoms with Crippen molar-refractivity contribution in [3.63, 3.8) is 0 Å². The Morgan fingerprint density at radius 1 is 0.941 bits per heavy atom. The monoisotopic (exact) mass is 250 g/mol. The Balaban J connectivity index is 1.46. The van der Waals surface area contributed by atoms with Gasteiger partial charge in [-0.3, -0.25) is 0 Å². The van der Waals surface area contributed by atoms with E-state index in [0.29, 0.717) is 0 Å². The fourth-order valence-corrected chi connectivity index (χ4v) is 6.17. The second kappa shape index (κ2) is 4.02. The molecule has 7 unspecified atom stereocenters. The number of allylic oxidation sites excluding steroid dienone is 2. The van der Waals surface area contributed by atoms with E-state index >= 15 is 0 Å². The van der Waals surface area contributed by atoms with Crippen LogP contribution in [0, 0.1) is 41.4 Å². The molecule has 17 heavy (non-hydrogen) atoms. The average molecular weight is 251 g/mol. The van der Waals surface area contributed by atoms with Crippen LogP contribution in [0.15, 0.2) is 12.2 Å². The molecule has 3 fully saturated rings. The zero-order valence-electron chi connectivity index (χ0n) is 10.5. The van der Waals surface area contributed by atoms with Gasteiger partial charge in [-0.2, -0.15) is 0 Å². The highest BCUT2D eigenvalue weighted by atomic mass is 35.5. The lowest BCUT2D eigenvalue weighted by atomic mass is 9.68. The lowest BCUT2D eigenvalue weighted by molar-refractivity contribution is 0.142. The Bertz CT molecular complexity index is 334. The highest BCUT2D eigenvalue weighted by Crippen LogP contribution is 2.67. The average Bonchev–Trinajstić information content (AvgIpc) is 3.07. The predicted molar refractivity (Wildman–Crippen MR) is 72.0 cm³/mol. The molecular weight excluding hydrogens is 228 g/mol. The van der Waals surface area contributed by atoms with Crippen LogP contribution in [-0.2, 0) is 0 Å². The molecule has 4 rings (SSSR count). The zero-order valence-corrected chi connectivity index (χ0v) is 11.3. The van der Waals surface area contributed by atoms with E-state index < -0.39 is 0 Å². The topological polar surface area (TPSA) is 0 Å². The quantitative estimate of drug-likeness (QED) is 0.299. The van der Waals surface area contributed by atoms with Gasteiger partial charge in [-0.15, -0.1) is 11.6 Å². The number of alkyl halides is 1. The summed E-state index contributed by atoms with van der Waals surface area (Å²) in [4.78, 5) is 0. The van der Waals surface area contributed by atoms with Gasteiger partial charge in [-0.05, 0) is 67.1 Å². The molecule has 0 saturated heterocycles. The van der Waals surface area contributed by atoms with E-state index in [1.54, 1.807) is 12.8 Å². The van der Waals surface area contributed by atoms with Gasteiger partial charge in [0.1, 0.15) is 0 Å². The molecule has 3 saturated carbocycles. The van der Waals surface area contributed by atoms with Crippen molar-refractivity contribution in [2.75, 3.05) is 5.88 Å². The molecule has 0 aromatic carbocycles. The summed E-state index contributed by atoms with van der Waals surface area (Å²) in [7, 11) is 0. The van der Waals surface area contributed by atoms with E-state index in [2.05, 4.69) is 12.2 Å². The van der Waals surface area contributed by atoms with Crippen molar-refractivity contribution >= 4 is 11.6 Å². The number of halogens is 1. The largest absolute Gasteiger partial charge is 0.127 e. The van der Waals surface area contributed by atoms with E-state index in [9.17, 15) is 0 Å². The van der Waals surface area contributed by atoms with Crippen LogP contribution in [0.2, 0.25) is 0 Å². The van der Waals surface area contributed by atoms with Gasteiger partial charge in [0.05, 0.1) is 0 Å². The molecule has 7 atom stereocenters. The van der Waals surface area contributed by atoms with Crippen LogP contribution in [0.25, 0.3) is 0 Å². The van der Waals surface area contributed by atoms with Gasteiger partial charge in [0.25, 0.3) is 0 Å². The molecule has 0 amide bonds. The molecule has 0 aromatic heterocycles. The summed E-state index contributed by atoms with van der Waals surface area (Å²) in [5, 5.41) is 0. The Hall–Kier alpha value is 0.0300. The molecule has 4 aliphatic rings. The standard InChI is InChI=1S/C16H23Cl/c17-6-2-1-3-10-7-13-9-14(10)16-12-5-4-11(8-12)15(13)16/h4-5,10-16H,1-3,6-9H2. The fourth-order valence-electron chi connectivity index (χ4n) is 5.99. The molecule has 0 aliphatic heterocycles. The smallest absolute Gasteiger partial charge is 0.0223 e. The molecule has 0 radical (unpaired) electrons. The van der Waals surface area contributed by atoms with Gasteiger partial charge in [0, 0.05) is 5.88 Å². The summed E-state index contributed by atoms with van der Waals surface area (Å²) >= 11 is 5.80. The van der Waals surface area contributed by atoms with Gasteiger partial charge in [-0.25, -0.2) is 0 Å². The van der Waals surface area contributed by atoms with E-state index in [-0.39, 0.29) is 0 Å². The van der Waals surface area contributed by atoms with Crippen molar-refractivity contribution in [1.82, 2.24) is 0 Å². The third kappa shape index (κ3) is 1.49. The number of rotatable bonds is 4. The van der Waals surface area contributed by atoms with Crippen molar-refractivity contribution in [2.45, 2.75) is 38.5 Å². The maximum atomic E-state index is 5.80. The zero-order chi connectivity index (χ0) is 11.4. The van der Waals surface area contributed by atoms with Crippen molar-refractivity contribution in [2.24, 2.45) is 41.4 Å². The van der Waals surface area contributed by atoms with Crippen LogP contribution in [0.5, 0.6) is 0 Å². The van der Waals surface area contributed by atoms with E-state index in [1.165, 1.54) is 25.7 Å². The Labute approximate surface area is 110 Å². The SMILES string of the molecule is ClCCCCC1CC2CC1C1C3C=CC(C3)C21. The second-order valence-electron chi connectivity index (χ2n) is 6.94. The Morgan fingerprint density at radius 3 is 2.59 bits per heavy atom. The van der Waals surface area contributed by atoms with E-state index in [1.807, 2.05) is 0 Å². The molecule has 0 aromatic rings. The van der Waals surface area contributed by atoms with Crippen molar-refractivity contribution in [3.8, 4) is 0 Å². The molecular formula is C16H23Cl. The third-order valence-electron chi connectivity index (χ3n) is 6.37. The first-order chi connectivity index (χ1) is 8.38. The van der Waals surface area contributed by atoms with Crippen LogP contribution in [0.3, 0.4) is 0 Å². The molecule has 0 spiro atoms. The summed E-state index contributed by atoms with van der Waals surface area (Å²) in [6, 6.07) is 0. The summed E-state index contributed by atoms with van der Waals surface area (Å²) < 4.78 is 0. The molecule has 4 aliphatic carbocycles. The number of unbranched alkanes of at least 4 members (excludes halogenated alkanes) is 1. The minimum atomic E-state index is 0.861. The maximum Gasteiger partial charge on any atom is 0.0223 e. The highest BCUT2D eigenvalue weighted by molar-refractivity contribution is 6.17. The first-order valence-corrected chi connectivity index (χ1v) is 8.16. The van der Waals surface area contributed by atoms with Crippen molar-refractivity contribution < 1.29 is 0 Å². The van der Waals surface area contributed by atoms with Crippen molar-refractivity contribution in [3.05, 3.63) is 12.2 Å². The van der Waals surface area contributed by atoms with E-state index in [4.69, 9.17) is 11.6 Å². The third-order valence-corrected chi connectivity index (χ3v) is 6.63. The Kier molecular flexibility index (Phi) is 2.58. The Morgan fingerprint density at radius 2 is 1.76 bits per heavy atom. The van der Waals surface area contributed by atoms with Crippen LogP contribution < -0.4 is 0 Å². The molecule has 0 nitrogen and oxygen atoms in total. The summed E-state index contributed by atoms with van der Waals surface area (Å²) in [5.41, 5.74) is 0. The predicted octanol–water partition coefficient (Wildman–Crippen LogP) is 4.49. The van der Waals surface area contributed by atoms with Gasteiger partial charge >= 0.3 is 0 Å². The van der Waals surface area contributed by atoms with Crippen molar-refractivity contribution in [1.29, 1.82) is 0 Å². The van der Waals surface area contributed by atoms with Crippen LogP contribution >= 0.6 is 11.6 Å². The maximum absolute atomic E-state index is 5.80. The molecule has 94 valence electrons. The normalized spacial score (nSPS) is 53.6. The van der Waals surface area contributed by atoms with Crippen LogP contribution in [-0.4, -0.2) is 5.88 Å². The van der Waals surface area contributed by atoms with Gasteiger partial charge in [0.2, 0.25) is 0 Å². The molecule has 4 bridgehead atoms. The van der Waals surface area contributed by atoms with E-state index in [0.717, 1.165) is 47.3 Å². The molecule has 0 N–H and O–H groups in total. The van der Waals surface area contributed by atoms with Gasteiger partial charge < -0.3 is 0 Å². The minimum Gasteiger partial charge on any atom is -0.127 e. The van der Waals surface area contributed by atoms with Crippen LogP contribution in [0.4, 0.5) is 0 Å². The number of hydrogen-bond acceptors (Lipinski definition) is 0. The summed E-state index contributed by atoms with van der Waals surface area (Å²) in [5.74, 6) is 8.31. The van der Waals surface area contributed by atoms with Gasteiger partial charge in [-0.1, -0.05) is 25.0 Å². The summed E-state index contributed by atoms with van der Waals surface area (Å²) in [6.07, 6.45) is 13.8. The summed E-state index contributed by atoms with van der Waals surface area (Å²) in [6.45, 7) is 0.